The van der Waals surface area contributed by atoms with Crippen molar-refractivity contribution in [2.45, 2.75) is 19.3 Å². The molecule has 1 aliphatic rings. The second-order valence-corrected chi connectivity index (χ2v) is 6.44. The molecule has 0 radical (unpaired) electrons. The maximum absolute atomic E-state index is 13.6. The number of fused-ring (bicyclic) bond motifs is 3. The van der Waals surface area contributed by atoms with Gasteiger partial charge < -0.3 is 9.88 Å². The molecule has 1 amide bonds. The lowest BCUT2D eigenvalue weighted by molar-refractivity contribution is -0.122. The Kier molecular flexibility index (Phi) is 3.60. The number of amides is 1. The third-order valence-corrected chi connectivity index (χ3v) is 4.97. The van der Waals surface area contributed by atoms with Gasteiger partial charge in [-0.3, -0.25) is 4.79 Å². The van der Waals surface area contributed by atoms with Crippen molar-refractivity contribution in [3.8, 4) is 0 Å². The molecule has 3 aromatic rings. The average molecular weight is 322 g/mol. The number of carbonyl (C=O) groups is 1. The molecule has 4 rings (SSSR count). The molecule has 24 heavy (non-hydrogen) atoms. The highest BCUT2D eigenvalue weighted by Crippen LogP contribution is 2.33. The maximum atomic E-state index is 13.6. The van der Waals surface area contributed by atoms with Gasteiger partial charge in [-0.05, 0) is 55.2 Å². The predicted molar refractivity (Wildman–Crippen MR) is 93.6 cm³/mol. The predicted octanol–water partition coefficient (Wildman–Crippen LogP) is 4.07. The largest absolute Gasteiger partial charge is 0.358 e. The number of benzene rings is 2. The van der Waals surface area contributed by atoms with E-state index in [9.17, 15) is 9.18 Å². The number of aromatic amines is 1. The fourth-order valence-corrected chi connectivity index (χ4v) is 3.65. The monoisotopic (exact) mass is 322 g/mol. The molecule has 1 N–H and O–H groups in total. The van der Waals surface area contributed by atoms with E-state index in [1.807, 2.05) is 37.4 Å². The number of aromatic nitrogens is 1. The molecule has 122 valence electrons. The Bertz CT molecular complexity index is 901. The first-order chi connectivity index (χ1) is 11.6. The lowest BCUT2D eigenvalue weighted by Gasteiger charge is -2.27. The standard InChI is InChI=1S/C20H19FN2O/c1-23(15-5-3-2-4-6-15)20(24)13-7-9-18-16(11-13)17-12-14(21)8-10-19(17)22-18/h2-6,8,10,12-13,22H,7,9,11H2,1H3. The van der Waals surface area contributed by atoms with Crippen molar-refractivity contribution in [2.24, 2.45) is 5.92 Å². The molecular weight excluding hydrogens is 303 g/mol. The zero-order valence-corrected chi connectivity index (χ0v) is 13.6. The molecule has 1 unspecified atom stereocenters. The van der Waals surface area contributed by atoms with Crippen LogP contribution in [-0.4, -0.2) is 17.9 Å². The van der Waals surface area contributed by atoms with Gasteiger partial charge in [0.15, 0.2) is 0 Å². The minimum atomic E-state index is -0.237. The summed E-state index contributed by atoms with van der Waals surface area (Å²) in [7, 11) is 1.82. The summed E-state index contributed by atoms with van der Waals surface area (Å²) < 4.78 is 13.6. The second-order valence-electron chi connectivity index (χ2n) is 6.44. The van der Waals surface area contributed by atoms with E-state index >= 15 is 0 Å². The quantitative estimate of drug-likeness (QED) is 0.758. The zero-order chi connectivity index (χ0) is 16.7. The molecule has 0 saturated carbocycles. The summed E-state index contributed by atoms with van der Waals surface area (Å²) in [6, 6.07) is 14.5. The smallest absolute Gasteiger partial charge is 0.230 e. The highest BCUT2D eigenvalue weighted by molar-refractivity contribution is 5.95. The third-order valence-electron chi connectivity index (χ3n) is 4.97. The van der Waals surface area contributed by atoms with Crippen LogP contribution in [0.25, 0.3) is 10.9 Å². The number of rotatable bonds is 2. The minimum Gasteiger partial charge on any atom is -0.358 e. The molecule has 4 heteroatoms. The number of hydrogen-bond acceptors (Lipinski definition) is 1. The summed E-state index contributed by atoms with van der Waals surface area (Å²) >= 11 is 0. The first kappa shape index (κ1) is 14.9. The fraction of sp³-hybridized carbons (Fsp3) is 0.250. The molecule has 0 saturated heterocycles. The van der Waals surface area contributed by atoms with Crippen LogP contribution in [0.3, 0.4) is 0 Å². The van der Waals surface area contributed by atoms with Crippen LogP contribution < -0.4 is 4.90 Å². The number of anilines is 1. The van der Waals surface area contributed by atoms with Crippen molar-refractivity contribution < 1.29 is 9.18 Å². The number of carbonyl (C=O) groups excluding carboxylic acids is 1. The van der Waals surface area contributed by atoms with Crippen LogP contribution in [-0.2, 0) is 17.6 Å². The number of nitrogens with zero attached hydrogens (tertiary/aromatic N) is 1. The topological polar surface area (TPSA) is 36.1 Å². The van der Waals surface area contributed by atoms with E-state index in [1.54, 1.807) is 17.0 Å². The average Bonchev–Trinajstić information content (AvgIpc) is 2.98. The maximum Gasteiger partial charge on any atom is 0.230 e. The van der Waals surface area contributed by atoms with Crippen molar-refractivity contribution in [1.29, 1.82) is 0 Å². The number of halogens is 1. The minimum absolute atomic E-state index is 0.0648. The van der Waals surface area contributed by atoms with E-state index in [2.05, 4.69) is 4.98 Å². The number of H-pyrrole nitrogens is 1. The van der Waals surface area contributed by atoms with Crippen LogP contribution in [0, 0.1) is 11.7 Å². The van der Waals surface area contributed by atoms with Gasteiger partial charge in [-0.15, -0.1) is 0 Å². The van der Waals surface area contributed by atoms with Crippen LogP contribution in [0.1, 0.15) is 17.7 Å². The summed E-state index contributed by atoms with van der Waals surface area (Å²) in [5, 5.41) is 0.907. The van der Waals surface area contributed by atoms with E-state index < -0.39 is 0 Å². The van der Waals surface area contributed by atoms with Gasteiger partial charge in [0.1, 0.15) is 5.82 Å². The zero-order valence-electron chi connectivity index (χ0n) is 13.6. The Morgan fingerprint density at radius 1 is 1.21 bits per heavy atom. The third kappa shape index (κ3) is 2.48. The summed E-state index contributed by atoms with van der Waals surface area (Å²) in [5.41, 5.74) is 4.08. The van der Waals surface area contributed by atoms with Gasteiger partial charge in [0.2, 0.25) is 5.91 Å². The molecule has 0 spiro atoms. The molecule has 1 atom stereocenters. The summed E-state index contributed by atoms with van der Waals surface area (Å²) in [4.78, 5) is 18.0. The van der Waals surface area contributed by atoms with Crippen LogP contribution in [0.15, 0.2) is 48.5 Å². The molecule has 3 nitrogen and oxygen atoms in total. The van der Waals surface area contributed by atoms with Crippen molar-refractivity contribution >= 4 is 22.5 Å². The van der Waals surface area contributed by atoms with E-state index in [4.69, 9.17) is 0 Å². The number of nitrogens with one attached hydrogen (secondary N) is 1. The van der Waals surface area contributed by atoms with Gasteiger partial charge >= 0.3 is 0 Å². The van der Waals surface area contributed by atoms with Crippen LogP contribution in [0.2, 0.25) is 0 Å². The Morgan fingerprint density at radius 2 is 2.00 bits per heavy atom. The molecule has 1 heterocycles. The molecule has 0 bridgehead atoms. The van der Waals surface area contributed by atoms with Gasteiger partial charge in [-0.2, -0.15) is 0 Å². The van der Waals surface area contributed by atoms with Crippen molar-refractivity contribution in [3.63, 3.8) is 0 Å². The van der Waals surface area contributed by atoms with Crippen LogP contribution in [0.4, 0.5) is 10.1 Å². The summed E-state index contributed by atoms with van der Waals surface area (Å²) in [5.74, 6) is -0.179. The first-order valence-electron chi connectivity index (χ1n) is 8.25. The van der Waals surface area contributed by atoms with E-state index in [1.165, 1.54) is 6.07 Å². The van der Waals surface area contributed by atoms with E-state index in [0.29, 0.717) is 6.42 Å². The van der Waals surface area contributed by atoms with Gasteiger partial charge in [-0.1, -0.05) is 18.2 Å². The first-order valence-corrected chi connectivity index (χ1v) is 8.25. The molecule has 0 aliphatic heterocycles. The van der Waals surface area contributed by atoms with Crippen molar-refractivity contribution in [2.75, 3.05) is 11.9 Å². The van der Waals surface area contributed by atoms with E-state index in [0.717, 1.165) is 40.7 Å². The molecule has 0 fully saturated rings. The van der Waals surface area contributed by atoms with Gasteiger partial charge in [-0.25, -0.2) is 4.39 Å². The number of hydrogen-bond donors (Lipinski definition) is 1. The Balaban J connectivity index is 1.63. The van der Waals surface area contributed by atoms with Crippen molar-refractivity contribution in [1.82, 2.24) is 4.98 Å². The fourth-order valence-electron chi connectivity index (χ4n) is 3.65. The molecule has 1 aliphatic carbocycles. The second kappa shape index (κ2) is 5.78. The Labute approximate surface area is 140 Å². The number of aryl methyl sites for hydroxylation is 1. The Morgan fingerprint density at radius 3 is 2.79 bits per heavy atom. The molecule has 2 aromatic carbocycles. The van der Waals surface area contributed by atoms with E-state index in [-0.39, 0.29) is 17.6 Å². The highest BCUT2D eigenvalue weighted by atomic mass is 19.1. The summed E-state index contributed by atoms with van der Waals surface area (Å²) in [6.07, 6.45) is 2.30. The normalized spacial score (nSPS) is 16.8. The summed E-state index contributed by atoms with van der Waals surface area (Å²) in [6.45, 7) is 0. The highest BCUT2D eigenvalue weighted by Gasteiger charge is 2.29. The lowest BCUT2D eigenvalue weighted by atomic mass is 9.85. The number of para-hydroxylation sites is 1. The Hall–Kier alpha value is -2.62. The lowest BCUT2D eigenvalue weighted by Crippen LogP contribution is -2.35. The van der Waals surface area contributed by atoms with Crippen LogP contribution >= 0.6 is 0 Å². The van der Waals surface area contributed by atoms with Gasteiger partial charge in [0.25, 0.3) is 0 Å². The molecule has 1 aromatic heterocycles. The van der Waals surface area contributed by atoms with Crippen molar-refractivity contribution in [3.05, 3.63) is 65.6 Å². The van der Waals surface area contributed by atoms with Gasteiger partial charge in [0, 0.05) is 35.2 Å². The SMILES string of the molecule is CN(C(=O)C1CCc2[nH]c3ccc(F)cc3c2C1)c1ccccc1. The van der Waals surface area contributed by atoms with Gasteiger partial charge in [0.05, 0.1) is 0 Å². The van der Waals surface area contributed by atoms with Crippen LogP contribution in [0.5, 0.6) is 0 Å². The molecular formula is C20H19FN2O.